The van der Waals surface area contributed by atoms with Gasteiger partial charge in [0, 0.05) is 29.6 Å². The Balaban J connectivity index is 1.22. The van der Waals surface area contributed by atoms with Gasteiger partial charge in [-0.2, -0.15) is 9.37 Å². The van der Waals surface area contributed by atoms with Crippen LogP contribution in [0.3, 0.4) is 0 Å². The number of hydrogen-bond donors (Lipinski definition) is 1. The third kappa shape index (κ3) is 5.49. The molecule has 0 saturated carbocycles. The summed E-state index contributed by atoms with van der Waals surface area (Å²) in [4.78, 5) is 28.4. The topological polar surface area (TPSA) is 93.9 Å². The number of nitrogens with zero attached hydrogens (tertiary/aromatic N) is 5. The van der Waals surface area contributed by atoms with Gasteiger partial charge in [-0.1, -0.05) is 23.4 Å². The number of carbonyl (C=O) groups is 1. The minimum absolute atomic E-state index is 0.0836. The Morgan fingerprint density at radius 2 is 2.05 bits per heavy atom. The van der Waals surface area contributed by atoms with Crippen molar-refractivity contribution in [2.75, 3.05) is 24.6 Å². The number of aromatic nitrogens is 4. The van der Waals surface area contributed by atoms with Crippen molar-refractivity contribution in [2.45, 2.75) is 68.2 Å². The minimum atomic E-state index is -0.581. The number of rotatable bonds is 4. The Labute approximate surface area is 224 Å². The molecule has 198 valence electrons. The van der Waals surface area contributed by atoms with Gasteiger partial charge in [0.2, 0.25) is 5.95 Å². The first kappa shape index (κ1) is 26.0. The van der Waals surface area contributed by atoms with Crippen molar-refractivity contribution in [3.05, 3.63) is 41.8 Å². The van der Waals surface area contributed by atoms with Crippen LogP contribution in [0.2, 0.25) is 5.02 Å². The van der Waals surface area contributed by atoms with Crippen LogP contribution in [0, 0.1) is 11.4 Å². The molecule has 0 radical (unpaired) electrons. The average molecular weight is 549 g/mol. The second-order valence-electron chi connectivity index (χ2n) is 10.6. The van der Waals surface area contributed by atoms with E-state index in [0.29, 0.717) is 22.3 Å². The molecule has 5 heterocycles. The number of imidazole rings is 1. The van der Waals surface area contributed by atoms with Crippen molar-refractivity contribution in [1.29, 1.82) is 0 Å². The SMILES string of the molecule is C[C@@H]1OCC2(CCN(c3cnc(Sc4ccn5cc(F)nc5c4Cl)cn3)CC2)[C@@H]1NC(=O)OC(C)(C)C. The fraction of sp³-hybridized carbons (Fsp3) is 0.520. The number of halogens is 2. The van der Waals surface area contributed by atoms with Gasteiger partial charge in [-0.05, 0) is 46.6 Å². The molecular weight excluding hydrogens is 519 g/mol. The first-order chi connectivity index (χ1) is 17.5. The van der Waals surface area contributed by atoms with Crippen LogP contribution in [0.25, 0.3) is 5.65 Å². The second kappa shape index (κ2) is 9.92. The number of pyridine rings is 1. The molecule has 2 aliphatic heterocycles. The number of piperidine rings is 1. The molecule has 5 rings (SSSR count). The Morgan fingerprint density at radius 1 is 1.30 bits per heavy atom. The highest BCUT2D eigenvalue weighted by Crippen LogP contribution is 2.43. The van der Waals surface area contributed by atoms with Crippen LogP contribution in [0.4, 0.5) is 15.0 Å². The van der Waals surface area contributed by atoms with Crippen molar-refractivity contribution in [3.63, 3.8) is 0 Å². The molecule has 2 fully saturated rings. The highest BCUT2D eigenvalue weighted by Gasteiger charge is 2.50. The molecule has 1 spiro atoms. The molecule has 1 N–H and O–H groups in total. The van der Waals surface area contributed by atoms with Crippen LogP contribution < -0.4 is 10.2 Å². The first-order valence-electron chi connectivity index (χ1n) is 12.2. The Kier molecular flexibility index (Phi) is 6.97. The zero-order valence-electron chi connectivity index (χ0n) is 21.2. The van der Waals surface area contributed by atoms with Crippen molar-refractivity contribution in [2.24, 2.45) is 5.41 Å². The van der Waals surface area contributed by atoms with E-state index in [1.807, 2.05) is 27.7 Å². The predicted octanol–water partition coefficient (Wildman–Crippen LogP) is 4.97. The number of hydrogen-bond acceptors (Lipinski definition) is 8. The summed E-state index contributed by atoms with van der Waals surface area (Å²) < 4.78 is 26.5. The summed E-state index contributed by atoms with van der Waals surface area (Å²) in [5, 5.41) is 4.12. The van der Waals surface area contributed by atoms with Gasteiger partial charge in [-0.15, -0.1) is 0 Å². The van der Waals surface area contributed by atoms with Gasteiger partial charge in [0.15, 0.2) is 5.65 Å². The van der Waals surface area contributed by atoms with Gasteiger partial charge < -0.3 is 24.1 Å². The van der Waals surface area contributed by atoms with E-state index >= 15 is 0 Å². The Morgan fingerprint density at radius 3 is 2.73 bits per heavy atom. The summed E-state index contributed by atoms with van der Waals surface area (Å²) in [5.74, 6) is 0.210. The number of alkyl carbamates (subject to hydrolysis) is 1. The standard InChI is InChI=1S/C25H30ClFN6O3S/c1-15-21(31-23(34)36-24(2,3)4)25(14-35-15)6-9-32(10-7-25)18-11-29-19(12-28-18)37-16-5-8-33-13-17(27)30-22(33)20(16)26/h5,8,11-13,15,21H,6-7,9-10,14H2,1-4H3,(H,31,34)/t15-,21+/m0/s1. The largest absolute Gasteiger partial charge is 0.444 e. The van der Waals surface area contributed by atoms with Gasteiger partial charge in [0.25, 0.3) is 0 Å². The number of nitrogens with one attached hydrogen (secondary N) is 1. The number of carbonyl (C=O) groups excluding carboxylic acids is 1. The van der Waals surface area contributed by atoms with Gasteiger partial charge in [-0.25, -0.2) is 14.8 Å². The average Bonchev–Trinajstić information content (AvgIpc) is 3.36. The van der Waals surface area contributed by atoms with E-state index in [9.17, 15) is 9.18 Å². The summed E-state index contributed by atoms with van der Waals surface area (Å²) in [6.45, 7) is 9.72. The Bertz CT molecular complexity index is 1290. The molecule has 0 aliphatic carbocycles. The lowest BCUT2D eigenvalue weighted by Gasteiger charge is -2.42. The monoisotopic (exact) mass is 548 g/mol. The van der Waals surface area contributed by atoms with E-state index in [0.717, 1.165) is 36.6 Å². The lowest BCUT2D eigenvalue weighted by atomic mass is 9.73. The fourth-order valence-electron chi connectivity index (χ4n) is 5.01. The van der Waals surface area contributed by atoms with E-state index in [4.69, 9.17) is 21.1 Å². The zero-order valence-corrected chi connectivity index (χ0v) is 22.8. The predicted molar refractivity (Wildman–Crippen MR) is 139 cm³/mol. The number of fused-ring (bicyclic) bond motifs is 1. The van der Waals surface area contributed by atoms with Crippen molar-refractivity contribution in [3.8, 4) is 0 Å². The molecule has 0 aromatic carbocycles. The molecule has 2 aliphatic rings. The number of anilines is 1. The molecule has 0 unspecified atom stereocenters. The molecular formula is C25H30ClFN6O3S. The highest BCUT2D eigenvalue weighted by atomic mass is 35.5. The maximum atomic E-state index is 13.5. The van der Waals surface area contributed by atoms with E-state index < -0.39 is 17.6 Å². The molecule has 2 saturated heterocycles. The van der Waals surface area contributed by atoms with Crippen LogP contribution in [0.1, 0.15) is 40.5 Å². The van der Waals surface area contributed by atoms with Crippen LogP contribution in [0.5, 0.6) is 0 Å². The second-order valence-corrected chi connectivity index (χ2v) is 12.0. The van der Waals surface area contributed by atoms with Crippen molar-refractivity contribution >= 4 is 40.9 Å². The summed E-state index contributed by atoms with van der Waals surface area (Å²) in [6, 6.07) is 1.69. The van der Waals surface area contributed by atoms with Crippen molar-refractivity contribution < 1.29 is 18.7 Å². The van der Waals surface area contributed by atoms with E-state index in [2.05, 4.69) is 25.2 Å². The molecule has 9 nitrogen and oxygen atoms in total. The van der Waals surface area contributed by atoms with Gasteiger partial charge in [-0.3, -0.25) is 0 Å². The normalized spacial score (nSPS) is 21.5. The lowest BCUT2D eigenvalue weighted by molar-refractivity contribution is 0.0434. The first-order valence-corrected chi connectivity index (χ1v) is 13.4. The minimum Gasteiger partial charge on any atom is -0.444 e. The fourth-order valence-corrected chi connectivity index (χ4v) is 6.08. The molecule has 12 heteroatoms. The quantitative estimate of drug-likeness (QED) is 0.488. The van der Waals surface area contributed by atoms with Gasteiger partial charge in [0.1, 0.15) is 16.4 Å². The molecule has 2 atom stereocenters. The smallest absolute Gasteiger partial charge is 0.407 e. The number of amides is 1. The Hall–Kier alpha value is -2.63. The molecule has 0 bridgehead atoms. The van der Waals surface area contributed by atoms with E-state index in [1.165, 1.54) is 18.0 Å². The number of ether oxygens (including phenoxy) is 2. The summed E-state index contributed by atoms with van der Waals surface area (Å²) in [7, 11) is 0. The molecule has 37 heavy (non-hydrogen) atoms. The molecule has 3 aromatic heterocycles. The van der Waals surface area contributed by atoms with Gasteiger partial charge >= 0.3 is 6.09 Å². The van der Waals surface area contributed by atoms with Crippen LogP contribution in [-0.2, 0) is 9.47 Å². The summed E-state index contributed by atoms with van der Waals surface area (Å²) in [6.07, 6.45) is 7.67. The van der Waals surface area contributed by atoms with E-state index in [-0.39, 0.29) is 17.6 Å². The molecule has 3 aromatic rings. The van der Waals surface area contributed by atoms with Gasteiger partial charge in [0.05, 0.1) is 42.4 Å². The zero-order chi connectivity index (χ0) is 26.4. The maximum absolute atomic E-state index is 13.5. The summed E-state index contributed by atoms with van der Waals surface area (Å²) >= 11 is 7.78. The third-order valence-corrected chi connectivity index (χ3v) is 8.31. The van der Waals surface area contributed by atoms with Crippen LogP contribution >= 0.6 is 23.4 Å². The van der Waals surface area contributed by atoms with Crippen molar-refractivity contribution in [1.82, 2.24) is 24.7 Å². The summed E-state index contributed by atoms with van der Waals surface area (Å²) in [5.41, 5.74) is -0.333. The maximum Gasteiger partial charge on any atom is 0.407 e. The highest BCUT2D eigenvalue weighted by molar-refractivity contribution is 7.99. The third-order valence-electron chi connectivity index (χ3n) is 6.85. The van der Waals surface area contributed by atoms with E-state index in [1.54, 1.807) is 29.1 Å². The van der Waals surface area contributed by atoms with Crippen LogP contribution in [0.15, 0.2) is 40.8 Å². The lowest BCUT2D eigenvalue weighted by Crippen LogP contribution is -2.55. The molecule has 1 amide bonds. The van der Waals surface area contributed by atoms with Crippen LogP contribution in [-0.4, -0.2) is 62.9 Å².